The SMILES string of the molecule is O=C(O)CC(c1ccc(-c2cccc3ccccc23)cc1)c1ccnc(Oc2ccc(CNc3ccccn3)cc2)n1. The molecule has 2 heterocycles. The van der Waals surface area contributed by atoms with Crippen molar-refractivity contribution in [1.29, 1.82) is 0 Å². The molecule has 0 spiro atoms. The first-order chi connectivity index (χ1) is 20.6. The van der Waals surface area contributed by atoms with E-state index in [-0.39, 0.29) is 12.4 Å². The van der Waals surface area contributed by atoms with Crippen molar-refractivity contribution < 1.29 is 14.6 Å². The number of carboxylic acid groups (broad SMARTS) is 1. The molecule has 42 heavy (non-hydrogen) atoms. The summed E-state index contributed by atoms with van der Waals surface area (Å²) in [5.41, 5.74) is 4.70. The Morgan fingerprint density at radius 3 is 2.36 bits per heavy atom. The smallest absolute Gasteiger partial charge is 0.322 e. The highest BCUT2D eigenvalue weighted by atomic mass is 16.5. The molecule has 2 aromatic heterocycles. The summed E-state index contributed by atoms with van der Waals surface area (Å²) in [7, 11) is 0. The molecule has 0 saturated carbocycles. The average molecular weight is 553 g/mol. The van der Waals surface area contributed by atoms with Crippen LogP contribution in [-0.4, -0.2) is 26.0 Å². The first-order valence-corrected chi connectivity index (χ1v) is 13.7. The van der Waals surface area contributed by atoms with Gasteiger partial charge in [0.2, 0.25) is 0 Å². The van der Waals surface area contributed by atoms with Crippen molar-refractivity contribution in [3.63, 3.8) is 0 Å². The number of pyridine rings is 1. The molecule has 6 aromatic rings. The van der Waals surface area contributed by atoms with Gasteiger partial charge in [0, 0.05) is 24.9 Å². The third-order valence-electron chi connectivity index (χ3n) is 7.08. The van der Waals surface area contributed by atoms with Gasteiger partial charge < -0.3 is 15.2 Å². The number of nitrogens with one attached hydrogen (secondary N) is 1. The van der Waals surface area contributed by atoms with Crippen molar-refractivity contribution in [2.24, 2.45) is 0 Å². The van der Waals surface area contributed by atoms with Gasteiger partial charge in [-0.2, -0.15) is 4.98 Å². The first-order valence-electron chi connectivity index (χ1n) is 13.7. The minimum Gasteiger partial charge on any atom is -0.481 e. The van der Waals surface area contributed by atoms with Crippen LogP contribution >= 0.6 is 0 Å². The number of carbonyl (C=O) groups is 1. The molecule has 0 radical (unpaired) electrons. The van der Waals surface area contributed by atoms with Gasteiger partial charge in [-0.05, 0) is 63.4 Å². The standard InChI is InChI=1S/C35H28N4O3/c40-34(41)22-31(27-15-13-26(14-16-27)30-9-5-7-25-6-1-2-8-29(25)30)32-19-21-37-35(39-32)42-28-17-11-24(12-18-28)23-38-33-10-3-4-20-36-33/h1-21,31H,22-23H2,(H,36,38)(H,40,41). The van der Waals surface area contributed by atoms with E-state index in [4.69, 9.17) is 4.74 Å². The van der Waals surface area contributed by atoms with Gasteiger partial charge >= 0.3 is 12.0 Å². The maximum Gasteiger partial charge on any atom is 0.322 e. The molecule has 2 N–H and O–H groups in total. The zero-order chi connectivity index (χ0) is 28.7. The van der Waals surface area contributed by atoms with Crippen molar-refractivity contribution >= 4 is 22.6 Å². The van der Waals surface area contributed by atoms with E-state index in [1.165, 1.54) is 10.8 Å². The van der Waals surface area contributed by atoms with Crippen molar-refractivity contribution in [3.05, 3.63) is 144 Å². The van der Waals surface area contributed by atoms with Crippen LogP contribution in [0.3, 0.4) is 0 Å². The van der Waals surface area contributed by atoms with Crippen LogP contribution in [0.25, 0.3) is 21.9 Å². The van der Waals surface area contributed by atoms with Crippen LogP contribution in [0, 0.1) is 0 Å². The summed E-state index contributed by atoms with van der Waals surface area (Å²) in [6.45, 7) is 0.624. The number of nitrogens with zero attached hydrogens (tertiary/aromatic N) is 3. The van der Waals surface area contributed by atoms with Gasteiger partial charge in [-0.3, -0.25) is 4.79 Å². The van der Waals surface area contributed by atoms with E-state index in [1.54, 1.807) is 18.5 Å². The van der Waals surface area contributed by atoms with Crippen LogP contribution in [0.1, 0.15) is 29.2 Å². The van der Waals surface area contributed by atoms with Gasteiger partial charge in [0.15, 0.2) is 0 Å². The Kier molecular flexibility index (Phi) is 7.81. The molecule has 7 nitrogen and oxygen atoms in total. The third kappa shape index (κ3) is 6.26. The third-order valence-corrected chi connectivity index (χ3v) is 7.08. The molecule has 1 atom stereocenters. The minimum atomic E-state index is -0.908. The zero-order valence-corrected chi connectivity index (χ0v) is 22.7. The topological polar surface area (TPSA) is 97.2 Å². The Labute approximate surface area is 243 Å². The number of aliphatic carboxylic acids is 1. The van der Waals surface area contributed by atoms with Crippen LogP contribution in [0.5, 0.6) is 11.8 Å². The predicted octanol–water partition coefficient (Wildman–Crippen LogP) is 7.70. The lowest BCUT2D eigenvalue weighted by Crippen LogP contribution is -2.10. The highest BCUT2D eigenvalue weighted by molar-refractivity contribution is 5.96. The number of anilines is 1. The zero-order valence-electron chi connectivity index (χ0n) is 22.7. The average Bonchev–Trinajstić information content (AvgIpc) is 3.04. The van der Waals surface area contributed by atoms with E-state index >= 15 is 0 Å². The predicted molar refractivity (Wildman–Crippen MR) is 164 cm³/mol. The summed E-state index contributed by atoms with van der Waals surface area (Å²) in [5, 5.41) is 15.3. The highest BCUT2D eigenvalue weighted by Gasteiger charge is 2.21. The number of ether oxygens (including phenoxy) is 1. The molecule has 0 aliphatic heterocycles. The monoisotopic (exact) mass is 552 g/mol. The fourth-order valence-electron chi connectivity index (χ4n) is 4.98. The van der Waals surface area contributed by atoms with Crippen molar-refractivity contribution in [1.82, 2.24) is 15.0 Å². The summed E-state index contributed by atoms with van der Waals surface area (Å²) in [4.78, 5) is 25.0. The molecule has 1 unspecified atom stereocenters. The molecule has 0 amide bonds. The van der Waals surface area contributed by atoms with E-state index in [0.717, 1.165) is 28.1 Å². The Balaban J connectivity index is 1.19. The van der Waals surface area contributed by atoms with Crippen LogP contribution in [0.4, 0.5) is 5.82 Å². The molecule has 0 aliphatic rings. The lowest BCUT2D eigenvalue weighted by molar-refractivity contribution is -0.137. The summed E-state index contributed by atoms with van der Waals surface area (Å²) < 4.78 is 5.94. The molecular weight excluding hydrogens is 524 g/mol. The lowest BCUT2D eigenvalue weighted by Gasteiger charge is -2.16. The van der Waals surface area contributed by atoms with E-state index in [1.807, 2.05) is 84.9 Å². The molecule has 7 heteroatoms. The first kappa shape index (κ1) is 26.7. The second-order valence-electron chi connectivity index (χ2n) is 9.88. The maximum absolute atomic E-state index is 11.9. The molecule has 0 fully saturated rings. The van der Waals surface area contributed by atoms with Crippen LogP contribution in [0.15, 0.2) is 128 Å². The molecule has 4 aromatic carbocycles. The number of rotatable bonds is 10. The number of carboxylic acids is 1. The molecule has 206 valence electrons. The van der Waals surface area contributed by atoms with E-state index in [0.29, 0.717) is 18.0 Å². The fourth-order valence-corrected chi connectivity index (χ4v) is 4.98. The molecule has 0 saturated heterocycles. The van der Waals surface area contributed by atoms with Crippen LogP contribution in [0.2, 0.25) is 0 Å². The summed E-state index contributed by atoms with van der Waals surface area (Å²) in [6.07, 6.45) is 3.24. The second kappa shape index (κ2) is 12.3. The molecule has 6 rings (SSSR count). The summed E-state index contributed by atoms with van der Waals surface area (Å²) >= 11 is 0. The van der Waals surface area contributed by atoms with Gasteiger partial charge in [-0.25, -0.2) is 9.97 Å². The number of hydrogen-bond donors (Lipinski definition) is 2. The Morgan fingerprint density at radius 1 is 0.786 bits per heavy atom. The minimum absolute atomic E-state index is 0.109. The summed E-state index contributed by atoms with van der Waals surface area (Å²) in [5.74, 6) is 0.0219. The quantitative estimate of drug-likeness (QED) is 0.180. The second-order valence-corrected chi connectivity index (χ2v) is 9.88. The molecule has 0 aliphatic carbocycles. The molecular formula is C35H28N4O3. The maximum atomic E-state index is 11.9. The van der Waals surface area contributed by atoms with Gasteiger partial charge in [0.1, 0.15) is 11.6 Å². The van der Waals surface area contributed by atoms with Gasteiger partial charge in [0.05, 0.1) is 12.1 Å². The number of fused-ring (bicyclic) bond motifs is 1. The van der Waals surface area contributed by atoms with Crippen LogP contribution in [-0.2, 0) is 11.3 Å². The van der Waals surface area contributed by atoms with Crippen molar-refractivity contribution in [2.45, 2.75) is 18.9 Å². The molecule has 0 bridgehead atoms. The van der Waals surface area contributed by atoms with Crippen molar-refractivity contribution in [3.8, 4) is 22.9 Å². The van der Waals surface area contributed by atoms with Crippen molar-refractivity contribution in [2.75, 3.05) is 5.32 Å². The van der Waals surface area contributed by atoms with Gasteiger partial charge in [-0.1, -0.05) is 84.9 Å². The Bertz CT molecular complexity index is 1800. The Morgan fingerprint density at radius 2 is 1.57 bits per heavy atom. The van der Waals surface area contributed by atoms with E-state index in [2.05, 4.69) is 44.5 Å². The number of benzene rings is 4. The highest BCUT2D eigenvalue weighted by Crippen LogP contribution is 2.33. The van der Waals surface area contributed by atoms with Crippen LogP contribution < -0.4 is 10.1 Å². The lowest BCUT2D eigenvalue weighted by atomic mass is 9.90. The van der Waals surface area contributed by atoms with Gasteiger partial charge in [0.25, 0.3) is 0 Å². The largest absolute Gasteiger partial charge is 0.481 e. The Hall–Kier alpha value is -5.56. The number of aromatic nitrogens is 3. The summed E-state index contributed by atoms with van der Waals surface area (Å²) in [6, 6.07) is 37.8. The number of hydrogen-bond acceptors (Lipinski definition) is 6. The van der Waals surface area contributed by atoms with E-state index < -0.39 is 11.9 Å². The fraction of sp³-hybridized carbons (Fsp3) is 0.0857. The van der Waals surface area contributed by atoms with E-state index in [9.17, 15) is 9.90 Å². The normalized spacial score (nSPS) is 11.6. The van der Waals surface area contributed by atoms with Gasteiger partial charge in [-0.15, -0.1) is 0 Å².